The monoisotopic (exact) mass is 281 g/mol. The van der Waals surface area contributed by atoms with Gasteiger partial charge >= 0.3 is 12.5 Å². The van der Waals surface area contributed by atoms with Crippen molar-refractivity contribution in [1.29, 1.82) is 0 Å². The van der Waals surface area contributed by atoms with Gasteiger partial charge in [0.15, 0.2) is 17.3 Å². The van der Waals surface area contributed by atoms with Crippen molar-refractivity contribution in [3.05, 3.63) is 23.3 Å². The lowest BCUT2D eigenvalue weighted by molar-refractivity contribution is -0.277. The average Bonchev–Trinajstić information content (AvgIpc) is 2.17. The fraction of sp³-hybridized carbons (Fsp3) is 0.375. The van der Waals surface area contributed by atoms with Crippen LogP contribution < -0.4 is 4.74 Å². The van der Waals surface area contributed by atoms with Gasteiger partial charge in [0.2, 0.25) is 0 Å². The zero-order chi connectivity index (χ0) is 14.1. The Morgan fingerprint density at radius 1 is 1.11 bits per heavy atom. The molecule has 0 atom stereocenters. The Morgan fingerprint density at radius 2 is 1.67 bits per heavy atom. The number of ether oxygens (including phenoxy) is 1. The standard InChI is InChI=1S/C8H3F8NO/c9-2-3-1-4(10)5(18-8(14,15)16)6(17-3)7(11,12)13/h1H,2H2. The maximum atomic E-state index is 13.0. The zero-order valence-corrected chi connectivity index (χ0v) is 8.16. The highest BCUT2D eigenvalue weighted by Gasteiger charge is 2.43. The summed E-state index contributed by atoms with van der Waals surface area (Å²) in [7, 11) is 0. The van der Waals surface area contributed by atoms with E-state index in [0.29, 0.717) is 0 Å². The Morgan fingerprint density at radius 3 is 2.06 bits per heavy atom. The van der Waals surface area contributed by atoms with E-state index in [9.17, 15) is 35.1 Å². The average molecular weight is 281 g/mol. The molecule has 0 radical (unpaired) electrons. The van der Waals surface area contributed by atoms with E-state index in [1.165, 1.54) is 0 Å². The SMILES string of the molecule is FCc1cc(F)c(OC(F)(F)F)c(C(F)(F)F)n1. The highest BCUT2D eigenvalue weighted by molar-refractivity contribution is 5.33. The second-order valence-electron chi connectivity index (χ2n) is 2.95. The lowest BCUT2D eigenvalue weighted by Crippen LogP contribution is -2.22. The van der Waals surface area contributed by atoms with Crippen LogP contribution in [-0.2, 0) is 12.9 Å². The number of alkyl halides is 7. The molecule has 1 heterocycles. The number of aromatic nitrogens is 1. The maximum absolute atomic E-state index is 13.0. The van der Waals surface area contributed by atoms with E-state index in [2.05, 4.69) is 9.72 Å². The fourth-order valence-corrected chi connectivity index (χ4v) is 1.02. The van der Waals surface area contributed by atoms with Crippen molar-refractivity contribution in [2.75, 3.05) is 0 Å². The molecule has 0 aliphatic rings. The van der Waals surface area contributed by atoms with Crippen molar-refractivity contribution in [2.45, 2.75) is 19.2 Å². The number of hydrogen-bond donors (Lipinski definition) is 0. The molecule has 0 unspecified atom stereocenters. The molecule has 0 N–H and O–H groups in total. The molecular weight excluding hydrogens is 278 g/mol. The molecule has 0 aliphatic heterocycles. The largest absolute Gasteiger partial charge is 0.573 e. The van der Waals surface area contributed by atoms with Gasteiger partial charge in [0.05, 0.1) is 5.69 Å². The first kappa shape index (κ1) is 14.5. The second-order valence-corrected chi connectivity index (χ2v) is 2.95. The molecule has 0 saturated carbocycles. The molecular formula is C8H3F8NO. The zero-order valence-electron chi connectivity index (χ0n) is 8.16. The summed E-state index contributed by atoms with van der Waals surface area (Å²) < 4.78 is 100. The molecule has 18 heavy (non-hydrogen) atoms. The van der Waals surface area contributed by atoms with Crippen LogP contribution in [-0.4, -0.2) is 11.3 Å². The summed E-state index contributed by atoms with van der Waals surface area (Å²) in [5, 5.41) is 0. The van der Waals surface area contributed by atoms with Gasteiger partial charge in [-0.05, 0) is 0 Å². The predicted octanol–water partition coefficient (Wildman–Crippen LogP) is 3.61. The lowest BCUT2D eigenvalue weighted by atomic mass is 10.2. The molecule has 10 heteroatoms. The summed E-state index contributed by atoms with van der Waals surface area (Å²) in [6.07, 6.45) is -10.9. The molecule has 2 nitrogen and oxygen atoms in total. The Labute approximate surface area is 94.2 Å². The first-order chi connectivity index (χ1) is 8.04. The molecule has 1 aromatic heterocycles. The van der Waals surface area contributed by atoms with E-state index < -0.39 is 42.2 Å². The van der Waals surface area contributed by atoms with Crippen molar-refractivity contribution < 1.29 is 39.9 Å². The fourth-order valence-electron chi connectivity index (χ4n) is 1.02. The Bertz CT molecular complexity index is 438. The molecule has 0 aromatic carbocycles. The number of rotatable bonds is 2. The molecule has 0 fully saturated rings. The minimum absolute atomic E-state index is 0.0936. The highest BCUT2D eigenvalue weighted by atomic mass is 19.4. The first-order valence-corrected chi connectivity index (χ1v) is 4.13. The maximum Gasteiger partial charge on any atom is 0.573 e. The van der Waals surface area contributed by atoms with E-state index in [-0.39, 0.29) is 6.07 Å². The third-order valence-electron chi connectivity index (χ3n) is 1.60. The molecule has 0 aliphatic carbocycles. The van der Waals surface area contributed by atoms with Crippen LogP contribution in [0, 0.1) is 5.82 Å². The summed E-state index contributed by atoms with van der Waals surface area (Å²) >= 11 is 0. The van der Waals surface area contributed by atoms with Crippen LogP contribution in [0.25, 0.3) is 0 Å². The third kappa shape index (κ3) is 3.44. The molecule has 0 spiro atoms. The smallest absolute Gasteiger partial charge is 0.400 e. The molecule has 0 amide bonds. The van der Waals surface area contributed by atoms with Gasteiger partial charge in [-0.3, -0.25) is 0 Å². The topological polar surface area (TPSA) is 22.1 Å². The van der Waals surface area contributed by atoms with Gasteiger partial charge in [-0.25, -0.2) is 13.8 Å². The summed E-state index contributed by atoms with van der Waals surface area (Å²) in [4.78, 5) is 2.54. The molecule has 0 saturated heterocycles. The van der Waals surface area contributed by atoms with E-state index >= 15 is 0 Å². The van der Waals surface area contributed by atoms with E-state index in [4.69, 9.17) is 0 Å². The lowest BCUT2D eigenvalue weighted by Gasteiger charge is -2.15. The van der Waals surface area contributed by atoms with Crippen LogP contribution in [0.5, 0.6) is 5.75 Å². The van der Waals surface area contributed by atoms with E-state index in [0.717, 1.165) is 0 Å². The van der Waals surface area contributed by atoms with Gasteiger partial charge in [0, 0.05) is 6.07 Å². The van der Waals surface area contributed by atoms with Gasteiger partial charge in [0.25, 0.3) is 0 Å². The number of hydrogen-bond acceptors (Lipinski definition) is 2. The highest BCUT2D eigenvalue weighted by Crippen LogP contribution is 2.38. The summed E-state index contributed by atoms with van der Waals surface area (Å²) in [5.41, 5.74) is -3.26. The minimum Gasteiger partial charge on any atom is -0.400 e. The van der Waals surface area contributed by atoms with Crippen LogP contribution in [0.2, 0.25) is 0 Å². The van der Waals surface area contributed by atoms with Crippen molar-refractivity contribution in [3.63, 3.8) is 0 Å². The number of pyridine rings is 1. The molecule has 102 valence electrons. The Kier molecular flexibility index (Phi) is 3.67. The van der Waals surface area contributed by atoms with Crippen molar-refractivity contribution >= 4 is 0 Å². The summed E-state index contributed by atoms with van der Waals surface area (Å²) in [5.74, 6) is -4.13. The Balaban J connectivity index is 3.39. The van der Waals surface area contributed by atoms with Crippen molar-refractivity contribution in [1.82, 2.24) is 4.98 Å². The van der Waals surface area contributed by atoms with Gasteiger partial charge in [0.1, 0.15) is 6.67 Å². The summed E-state index contributed by atoms with van der Waals surface area (Å²) in [6, 6.07) is 0.0936. The molecule has 1 aromatic rings. The first-order valence-electron chi connectivity index (χ1n) is 4.13. The second kappa shape index (κ2) is 4.58. The van der Waals surface area contributed by atoms with Gasteiger partial charge in [-0.15, -0.1) is 13.2 Å². The molecule has 0 bridgehead atoms. The van der Waals surface area contributed by atoms with Crippen LogP contribution in [0.3, 0.4) is 0 Å². The predicted molar refractivity (Wildman–Crippen MR) is 40.7 cm³/mol. The van der Waals surface area contributed by atoms with Crippen molar-refractivity contribution in [3.8, 4) is 5.75 Å². The van der Waals surface area contributed by atoms with Crippen LogP contribution in [0.1, 0.15) is 11.4 Å². The van der Waals surface area contributed by atoms with Crippen LogP contribution >= 0.6 is 0 Å². The quantitative estimate of drug-likeness (QED) is 0.772. The Hall–Kier alpha value is -1.61. The van der Waals surface area contributed by atoms with Gasteiger partial charge in [-0.2, -0.15) is 13.2 Å². The van der Waals surface area contributed by atoms with Gasteiger partial charge < -0.3 is 4.74 Å². The van der Waals surface area contributed by atoms with Crippen LogP contribution in [0.4, 0.5) is 35.1 Å². The minimum atomic E-state index is -5.53. The van der Waals surface area contributed by atoms with Crippen molar-refractivity contribution in [2.24, 2.45) is 0 Å². The summed E-state index contributed by atoms with van der Waals surface area (Å²) in [6.45, 7) is -1.56. The van der Waals surface area contributed by atoms with Gasteiger partial charge in [-0.1, -0.05) is 0 Å². The van der Waals surface area contributed by atoms with E-state index in [1.54, 1.807) is 0 Å². The molecule has 1 rings (SSSR count). The van der Waals surface area contributed by atoms with Crippen LogP contribution in [0.15, 0.2) is 6.07 Å². The normalized spacial score (nSPS) is 12.7. The third-order valence-corrected chi connectivity index (χ3v) is 1.60. The number of nitrogens with zero attached hydrogens (tertiary/aromatic N) is 1. The number of halogens is 8. The van der Waals surface area contributed by atoms with E-state index in [1.807, 2.05) is 0 Å².